The number of anilines is 1. The fourth-order valence-electron chi connectivity index (χ4n) is 3.61. The van der Waals surface area contributed by atoms with Crippen molar-refractivity contribution in [2.45, 2.75) is 19.4 Å². The van der Waals surface area contributed by atoms with Crippen LogP contribution in [0.4, 0.5) is 5.82 Å². The van der Waals surface area contributed by atoms with E-state index in [1.54, 1.807) is 18.3 Å². The third-order valence-electron chi connectivity index (χ3n) is 4.95. The zero-order chi connectivity index (χ0) is 17.9. The molecular formula is C20H20N4O2. The SMILES string of the molecule is N#Cc1cccnc1NC[C@@H]1CCN(Cc2ccc3c(c2)OC(=O)C3)C1. The molecule has 2 aromatic rings. The lowest BCUT2D eigenvalue weighted by Crippen LogP contribution is -2.23. The minimum absolute atomic E-state index is 0.171. The number of carbonyl (C=O) groups excluding carboxylic acids is 1. The van der Waals surface area contributed by atoms with Crippen LogP contribution in [0, 0.1) is 17.2 Å². The standard InChI is InChI=1S/C20H20N4O2/c21-10-17-2-1-6-22-20(17)23-11-15-5-7-24(13-15)12-14-3-4-16-9-19(25)26-18(16)8-14/h1-4,6,8,15H,5,7,9,11-13H2,(H,22,23)/t15-/m0/s1. The molecule has 1 saturated heterocycles. The number of ether oxygens (including phenoxy) is 1. The monoisotopic (exact) mass is 348 g/mol. The van der Waals surface area contributed by atoms with Crippen LogP contribution < -0.4 is 10.1 Å². The normalized spacial score (nSPS) is 19.0. The third-order valence-corrected chi connectivity index (χ3v) is 4.95. The van der Waals surface area contributed by atoms with Crippen LogP contribution in [0.1, 0.15) is 23.1 Å². The van der Waals surface area contributed by atoms with Gasteiger partial charge in [0, 0.05) is 31.4 Å². The number of benzene rings is 1. The summed E-state index contributed by atoms with van der Waals surface area (Å²) in [6.45, 7) is 3.70. The zero-order valence-electron chi connectivity index (χ0n) is 14.4. The van der Waals surface area contributed by atoms with Gasteiger partial charge in [-0.3, -0.25) is 9.69 Å². The summed E-state index contributed by atoms with van der Waals surface area (Å²) < 4.78 is 5.24. The molecule has 2 aliphatic rings. The van der Waals surface area contributed by atoms with Crippen molar-refractivity contribution in [1.29, 1.82) is 5.26 Å². The first-order valence-corrected chi connectivity index (χ1v) is 8.85. The van der Waals surface area contributed by atoms with Crippen molar-refractivity contribution < 1.29 is 9.53 Å². The Kier molecular flexibility index (Phi) is 4.55. The number of hydrogen-bond acceptors (Lipinski definition) is 6. The van der Waals surface area contributed by atoms with E-state index in [0.717, 1.165) is 38.2 Å². The number of esters is 1. The van der Waals surface area contributed by atoms with Crippen molar-refractivity contribution in [2.75, 3.05) is 25.0 Å². The summed E-state index contributed by atoms with van der Waals surface area (Å²) in [5.41, 5.74) is 2.73. The molecule has 4 rings (SSSR count). The van der Waals surface area contributed by atoms with Gasteiger partial charge in [0.25, 0.3) is 0 Å². The summed E-state index contributed by atoms with van der Waals surface area (Å²) in [5.74, 6) is 1.73. The summed E-state index contributed by atoms with van der Waals surface area (Å²) in [6, 6.07) is 11.8. The summed E-state index contributed by atoms with van der Waals surface area (Å²) in [5, 5.41) is 12.4. The Morgan fingerprint density at radius 2 is 2.31 bits per heavy atom. The number of nitrogens with one attached hydrogen (secondary N) is 1. The smallest absolute Gasteiger partial charge is 0.315 e. The lowest BCUT2D eigenvalue weighted by Gasteiger charge is -2.17. The molecule has 6 nitrogen and oxygen atoms in total. The van der Waals surface area contributed by atoms with E-state index in [1.165, 1.54) is 5.56 Å². The van der Waals surface area contributed by atoms with Gasteiger partial charge in [-0.1, -0.05) is 12.1 Å². The van der Waals surface area contributed by atoms with E-state index in [-0.39, 0.29) is 5.97 Å². The highest BCUT2D eigenvalue weighted by molar-refractivity contribution is 5.81. The Bertz CT molecular complexity index is 874. The molecular weight excluding hydrogens is 328 g/mol. The van der Waals surface area contributed by atoms with Crippen LogP contribution in [-0.2, 0) is 17.8 Å². The maximum Gasteiger partial charge on any atom is 0.315 e. The molecule has 1 atom stereocenters. The predicted octanol–water partition coefficient (Wildman–Crippen LogP) is 2.35. The van der Waals surface area contributed by atoms with Crippen LogP contribution in [0.25, 0.3) is 0 Å². The molecule has 1 aromatic heterocycles. The average molecular weight is 348 g/mol. The van der Waals surface area contributed by atoms with E-state index in [9.17, 15) is 4.79 Å². The molecule has 1 aromatic carbocycles. The van der Waals surface area contributed by atoms with Crippen LogP contribution >= 0.6 is 0 Å². The summed E-state index contributed by atoms with van der Waals surface area (Å²) in [7, 11) is 0. The first-order valence-electron chi connectivity index (χ1n) is 8.85. The molecule has 1 fully saturated rings. The number of pyridine rings is 1. The van der Waals surface area contributed by atoms with E-state index in [0.29, 0.717) is 29.5 Å². The fourth-order valence-corrected chi connectivity index (χ4v) is 3.61. The zero-order valence-corrected chi connectivity index (χ0v) is 14.4. The minimum atomic E-state index is -0.171. The molecule has 1 N–H and O–H groups in total. The highest BCUT2D eigenvalue weighted by atomic mass is 16.5. The van der Waals surface area contributed by atoms with Gasteiger partial charge in [-0.2, -0.15) is 5.26 Å². The van der Waals surface area contributed by atoms with E-state index in [1.807, 2.05) is 12.1 Å². The first-order chi connectivity index (χ1) is 12.7. The molecule has 6 heteroatoms. The lowest BCUT2D eigenvalue weighted by atomic mass is 10.1. The van der Waals surface area contributed by atoms with Gasteiger partial charge < -0.3 is 10.1 Å². The molecule has 0 saturated carbocycles. The Morgan fingerprint density at radius 1 is 1.38 bits per heavy atom. The van der Waals surface area contributed by atoms with Gasteiger partial charge in [0.2, 0.25) is 0 Å². The Labute approximate surface area is 152 Å². The largest absolute Gasteiger partial charge is 0.426 e. The molecule has 0 spiro atoms. The van der Waals surface area contributed by atoms with E-state index < -0.39 is 0 Å². The van der Waals surface area contributed by atoms with Gasteiger partial charge in [-0.15, -0.1) is 0 Å². The van der Waals surface area contributed by atoms with Gasteiger partial charge in [0.05, 0.1) is 12.0 Å². The molecule has 26 heavy (non-hydrogen) atoms. The summed E-state index contributed by atoms with van der Waals surface area (Å²) in [4.78, 5) is 18.0. The van der Waals surface area contributed by atoms with E-state index in [2.05, 4.69) is 27.3 Å². The maximum absolute atomic E-state index is 11.4. The molecule has 0 radical (unpaired) electrons. The number of fused-ring (bicyclic) bond motifs is 1. The van der Waals surface area contributed by atoms with Crippen LogP contribution in [0.5, 0.6) is 5.75 Å². The van der Waals surface area contributed by atoms with Gasteiger partial charge in [-0.05, 0) is 42.6 Å². The molecule has 0 amide bonds. The highest BCUT2D eigenvalue weighted by Gasteiger charge is 2.24. The molecule has 0 unspecified atom stereocenters. The van der Waals surface area contributed by atoms with Crippen molar-refractivity contribution in [3.8, 4) is 11.8 Å². The summed E-state index contributed by atoms with van der Waals surface area (Å²) in [6.07, 6.45) is 3.19. The third kappa shape index (κ3) is 3.53. The molecule has 3 heterocycles. The highest BCUT2D eigenvalue weighted by Crippen LogP contribution is 2.28. The quantitative estimate of drug-likeness (QED) is 0.660. The van der Waals surface area contributed by atoms with Gasteiger partial charge >= 0.3 is 5.97 Å². The van der Waals surface area contributed by atoms with E-state index >= 15 is 0 Å². The van der Waals surface area contributed by atoms with Crippen molar-refractivity contribution in [3.05, 3.63) is 53.2 Å². The molecule has 2 aliphatic heterocycles. The van der Waals surface area contributed by atoms with Gasteiger partial charge in [0.15, 0.2) is 0 Å². The average Bonchev–Trinajstić information content (AvgIpc) is 3.25. The van der Waals surface area contributed by atoms with Crippen LogP contribution in [0.3, 0.4) is 0 Å². The van der Waals surface area contributed by atoms with E-state index in [4.69, 9.17) is 10.00 Å². The number of nitrogens with zero attached hydrogens (tertiary/aromatic N) is 3. The number of likely N-dealkylation sites (tertiary alicyclic amines) is 1. The Balaban J connectivity index is 1.31. The van der Waals surface area contributed by atoms with Crippen LogP contribution in [0.15, 0.2) is 36.5 Å². The van der Waals surface area contributed by atoms with Crippen molar-refractivity contribution in [3.63, 3.8) is 0 Å². The van der Waals surface area contributed by atoms with Crippen molar-refractivity contribution >= 4 is 11.8 Å². The number of aromatic nitrogens is 1. The van der Waals surface area contributed by atoms with Crippen LogP contribution in [0.2, 0.25) is 0 Å². The second-order valence-corrected chi connectivity index (χ2v) is 6.88. The summed E-state index contributed by atoms with van der Waals surface area (Å²) >= 11 is 0. The second-order valence-electron chi connectivity index (χ2n) is 6.88. The Morgan fingerprint density at radius 3 is 3.19 bits per heavy atom. The van der Waals surface area contributed by atoms with Crippen molar-refractivity contribution in [2.24, 2.45) is 5.92 Å². The minimum Gasteiger partial charge on any atom is -0.426 e. The maximum atomic E-state index is 11.4. The number of carbonyl (C=O) groups is 1. The lowest BCUT2D eigenvalue weighted by molar-refractivity contribution is -0.131. The van der Waals surface area contributed by atoms with Crippen molar-refractivity contribution in [1.82, 2.24) is 9.88 Å². The topological polar surface area (TPSA) is 78.2 Å². The molecule has 0 bridgehead atoms. The van der Waals surface area contributed by atoms with Gasteiger partial charge in [-0.25, -0.2) is 4.98 Å². The number of nitriles is 1. The predicted molar refractivity (Wildman–Crippen MR) is 96.6 cm³/mol. The van der Waals surface area contributed by atoms with Crippen LogP contribution in [-0.4, -0.2) is 35.5 Å². The van der Waals surface area contributed by atoms with Gasteiger partial charge in [0.1, 0.15) is 17.6 Å². The molecule has 0 aliphatic carbocycles. The second kappa shape index (κ2) is 7.14. The Hall–Kier alpha value is -2.91. The number of rotatable bonds is 5. The fraction of sp³-hybridized carbons (Fsp3) is 0.350. The first kappa shape index (κ1) is 16.6. The molecule has 132 valence electrons. The number of hydrogen-bond donors (Lipinski definition) is 1.